The molecular weight excluding hydrogens is 252 g/mol. The summed E-state index contributed by atoms with van der Waals surface area (Å²) in [6.45, 7) is 5.77. The maximum absolute atomic E-state index is 11.6. The Labute approximate surface area is 120 Å². The summed E-state index contributed by atoms with van der Waals surface area (Å²) in [5.41, 5.74) is -0.0674. The van der Waals surface area contributed by atoms with Gasteiger partial charge in [-0.05, 0) is 43.1 Å². The van der Waals surface area contributed by atoms with Crippen LogP contribution in [0.1, 0.15) is 39.2 Å². The van der Waals surface area contributed by atoms with Crippen molar-refractivity contribution in [3.8, 4) is 0 Å². The number of aliphatic hydroxyl groups excluding tert-OH is 1. The molecular formula is C17H24O3. The number of carboxylic acid groups (broad SMARTS) is 1. The molecule has 1 aliphatic carbocycles. The van der Waals surface area contributed by atoms with Crippen molar-refractivity contribution in [1.82, 2.24) is 0 Å². The molecule has 1 aromatic rings. The van der Waals surface area contributed by atoms with Crippen LogP contribution in [0.5, 0.6) is 0 Å². The number of hydrogen-bond acceptors (Lipinski definition) is 2. The van der Waals surface area contributed by atoms with E-state index >= 15 is 0 Å². The molecule has 1 aliphatic rings. The summed E-state index contributed by atoms with van der Waals surface area (Å²) in [6.07, 6.45) is 1.49. The molecule has 0 spiro atoms. The molecule has 1 aromatic carbocycles. The van der Waals surface area contributed by atoms with Crippen molar-refractivity contribution in [1.29, 1.82) is 0 Å². The predicted octanol–water partition coefficient (Wildman–Crippen LogP) is 3.12. The van der Waals surface area contributed by atoms with Crippen LogP contribution >= 0.6 is 0 Å². The van der Waals surface area contributed by atoms with Crippen LogP contribution in [0.15, 0.2) is 30.3 Å². The van der Waals surface area contributed by atoms with Gasteiger partial charge in [-0.2, -0.15) is 0 Å². The summed E-state index contributed by atoms with van der Waals surface area (Å²) in [7, 11) is 0. The third-order valence-corrected chi connectivity index (χ3v) is 5.53. The Kier molecular flexibility index (Phi) is 3.92. The minimum absolute atomic E-state index is 0.0174. The van der Waals surface area contributed by atoms with Gasteiger partial charge >= 0.3 is 5.97 Å². The van der Waals surface area contributed by atoms with Gasteiger partial charge in [-0.3, -0.25) is 4.79 Å². The van der Waals surface area contributed by atoms with Crippen molar-refractivity contribution >= 4 is 5.97 Å². The minimum Gasteiger partial charge on any atom is -0.481 e. The molecule has 1 saturated carbocycles. The smallest absolute Gasteiger partial charge is 0.309 e. The van der Waals surface area contributed by atoms with Crippen molar-refractivity contribution in [3.63, 3.8) is 0 Å². The van der Waals surface area contributed by atoms with E-state index in [-0.39, 0.29) is 5.92 Å². The number of hydrogen-bond donors (Lipinski definition) is 2. The van der Waals surface area contributed by atoms with Crippen LogP contribution in [0.3, 0.4) is 0 Å². The maximum Gasteiger partial charge on any atom is 0.309 e. The van der Waals surface area contributed by atoms with Crippen LogP contribution < -0.4 is 0 Å². The summed E-state index contributed by atoms with van der Waals surface area (Å²) in [5.74, 6) is -0.735. The monoisotopic (exact) mass is 276 g/mol. The molecule has 20 heavy (non-hydrogen) atoms. The quantitative estimate of drug-likeness (QED) is 0.888. The lowest BCUT2D eigenvalue weighted by molar-refractivity contribution is -0.155. The van der Waals surface area contributed by atoms with Gasteiger partial charge in [0.05, 0.1) is 11.5 Å². The first-order valence-electron chi connectivity index (χ1n) is 7.24. The largest absolute Gasteiger partial charge is 0.481 e. The standard InChI is InChI=1S/C17H24O3/c1-16(2)13(9-10-17(16,3)15(19)20)14(18)11-12-7-5-4-6-8-12/h4-8,13-14,18H,9-11H2,1-3H3,(H,19,20)/t13-,14+,17-/m1/s1. The third-order valence-electron chi connectivity index (χ3n) is 5.53. The second kappa shape index (κ2) is 5.21. The van der Waals surface area contributed by atoms with Gasteiger partial charge in [-0.25, -0.2) is 0 Å². The highest BCUT2D eigenvalue weighted by molar-refractivity contribution is 5.75. The molecule has 1 fully saturated rings. The van der Waals surface area contributed by atoms with E-state index in [0.29, 0.717) is 12.8 Å². The van der Waals surface area contributed by atoms with Crippen LogP contribution in [0, 0.1) is 16.7 Å². The Morgan fingerprint density at radius 2 is 1.90 bits per heavy atom. The van der Waals surface area contributed by atoms with Crippen molar-refractivity contribution in [2.24, 2.45) is 16.7 Å². The summed E-state index contributed by atoms with van der Waals surface area (Å²) >= 11 is 0. The summed E-state index contributed by atoms with van der Waals surface area (Å²) in [5, 5.41) is 20.1. The molecule has 2 N–H and O–H groups in total. The van der Waals surface area contributed by atoms with Crippen LogP contribution in [0.4, 0.5) is 0 Å². The van der Waals surface area contributed by atoms with Gasteiger partial charge in [-0.15, -0.1) is 0 Å². The van der Waals surface area contributed by atoms with E-state index in [1.54, 1.807) is 0 Å². The molecule has 0 heterocycles. The highest BCUT2D eigenvalue weighted by Crippen LogP contribution is 2.57. The van der Waals surface area contributed by atoms with Gasteiger partial charge in [0.15, 0.2) is 0 Å². The SMILES string of the molecule is CC1(C)[C@@H]([C@@H](O)Cc2ccccc2)CC[C@]1(C)C(=O)O. The van der Waals surface area contributed by atoms with Crippen LogP contribution in [0.2, 0.25) is 0 Å². The average molecular weight is 276 g/mol. The first kappa shape index (κ1) is 15.0. The number of carbonyl (C=O) groups is 1. The zero-order valence-electron chi connectivity index (χ0n) is 12.5. The number of aliphatic carboxylic acids is 1. The zero-order chi connectivity index (χ0) is 15.0. The molecule has 3 nitrogen and oxygen atoms in total. The lowest BCUT2D eigenvalue weighted by Crippen LogP contribution is -2.44. The summed E-state index contributed by atoms with van der Waals surface area (Å²) < 4.78 is 0. The number of carboxylic acids is 1. The van der Waals surface area contributed by atoms with Gasteiger partial charge in [0, 0.05) is 0 Å². The second-order valence-electron chi connectivity index (χ2n) is 6.76. The van der Waals surface area contributed by atoms with Gasteiger partial charge in [0.1, 0.15) is 0 Å². The fourth-order valence-electron chi connectivity index (χ4n) is 3.59. The number of benzene rings is 1. The predicted molar refractivity (Wildman–Crippen MR) is 78.4 cm³/mol. The summed E-state index contributed by atoms with van der Waals surface area (Å²) in [4.78, 5) is 11.6. The first-order chi connectivity index (χ1) is 9.29. The van der Waals surface area contributed by atoms with Crippen molar-refractivity contribution in [2.45, 2.75) is 46.1 Å². The van der Waals surface area contributed by atoms with Crippen LogP contribution in [-0.4, -0.2) is 22.3 Å². The fraction of sp³-hybridized carbons (Fsp3) is 0.588. The van der Waals surface area contributed by atoms with E-state index in [9.17, 15) is 15.0 Å². The molecule has 0 amide bonds. The Balaban J connectivity index is 2.16. The molecule has 0 aromatic heterocycles. The Bertz CT molecular complexity index is 480. The topological polar surface area (TPSA) is 57.5 Å². The van der Waals surface area contributed by atoms with E-state index in [2.05, 4.69) is 0 Å². The highest BCUT2D eigenvalue weighted by Gasteiger charge is 2.57. The van der Waals surface area contributed by atoms with Gasteiger partial charge in [0.25, 0.3) is 0 Å². The average Bonchev–Trinajstić information content (AvgIpc) is 2.63. The Morgan fingerprint density at radius 1 is 1.30 bits per heavy atom. The number of rotatable bonds is 4. The molecule has 0 radical (unpaired) electrons. The van der Waals surface area contributed by atoms with E-state index in [1.165, 1.54) is 0 Å². The molecule has 2 rings (SSSR count). The van der Waals surface area contributed by atoms with Gasteiger partial charge in [-0.1, -0.05) is 44.2 Å². The molecule has 3 atom stereocenters. The van der Waals surface area contributed by atoms with Crippen LogP contribution in [0.25, 0.3) is 0 Å². The minimum atomic E-state index is -0.755. The van der Waals surface area contributed by atoms with E-state index < -0.39 is 22.9 Å². The van der Waals surface area contributed by atoms with E-state index in [4.69, 9.17) is 0 Å². The lowest BCUT2D eigenvalue weighted by Gasteiger charge is -2.40. The molecule has 0 bridgehead atoms. The van der Waals surface area contributed by atoms with Crippen LogP contribution in [-0.2, 0) is 11.2 Å². The third kappa shape index (κ3) is 2.35. The van der Waals surface area contributed by atoms with Crippen molar-refractivity contribution < 1.29 is 15.0 Å². The first-order valence-corrected chi connectivity index (χ1v) is 7.24. The summed E-state index contributed by atoms with van der Waals surface area (Å²) in [6, 6.07) is 9.88. The second-order valence-corrected chi connectivity index (χ2v) is 6.76. The molecule has 0 unspecified atom stereocenters. The molecule has 0 saturated heterocycles. The number of aliphatic hydroxyl groups is 1. The Hall–Kier alpha value is -1.35. The van der Waals surface area contributed by atoms with Crippen molar-refractivity contribution in [3.05, 3.63) is 35.9 Å². The van der Waals surface area contributed by atoms with Crippen molar-refractivity contribution in [2.75, 3.05) is 0 Å². The fourth-order valence-corrected chi connectivity index (χ4v) is 3.59. The molecule has 110 valence electrons. The van der Waals surface area contributed by atoms with Gasteiger partial charge < -0.3 is 10.2 Å². The lowest BCUT2D eigenvalue weighted by atomic mass is 9.64. The van der Waals surface area contributed by atoms with E-state index in [0.717, 1.165) is 12.0 Å². The van der Waals surface area contributed by atoms with Gasteiger partial charge in [0.2, 0.25) is 0 Å². The molecule has 0 aliphatic heterocycles. The normalized spacial score (nSPS) is 30.1. The van der Waals surface area contributed by atoms with E-state index in [1.807, 2.05) is 51.1 Å². The molecule has 3 heteroatoms. The maximum atomic E-state index is 11.6. The zero-order valence-corrected chi connectivity index (χ0v) is 12.5. The highest BCUT2D eigenvalue weighted by atomic mass is 16.4. The Morgan fingerprint density at radius 3 is 2.40 bits per heavy atom.